The number of methoxy groups -OCH3 is 1. The van der Waals surface area contributed by atoms with Gasteiger partial charge in [-0.05, 0) is 55.3 Å². The zero-order valence-electron chi connectivity index (χ0n) is 19.0. The van der Waals surface area contributed by atoms with Crippen LogP contribution in [0.2, 0.25) is 5.02 Å². The monoisotopic (exact) mass is 524 g/mol. The molecule has 3 aromatic rings. The van der Waals surface area contributed by atoms with Gasteiger partial charge in [-0.1, -0.05) is 11.6 Å². The van der Waals surface area contributed by atoms with E-state index in [-0.39, 0.29) is 34.0 Å². The number of aromatic nitrogens is 2. The van der Waals surface area contributed by atoms with Gasteiger partial charge in [-0.15, -0.1) is 0 Å². The highest BCUT2D eigenvalue weighted by molar-refractivity contribution is 6.30. The number of nitrogens with zero attached hydrogens (tertiary/aromatic N) is 3. The molecule has 1 aliphatic heterocycles. The molecule has 0 atom stereocenters. The number of carbonyl (C=O) groups excluding carboxylic acids is 1. The van der Waals surface area contributed by atoms with E-state index in [1.165, 1.54) is 25.3 Å². The maximum Gasteiger partial charge on any atom is 0.416 e. The van der Waals surface area contributed by atoms with E-state index >= 15 is 0 Å². The van der Waals surface area contributed by atoms with Crippen LogP contribution in [0.25, 0.3) is 17.1 Å². The maximum absolute atomic E-state index is 14.9. The van der Waals surface area contributed by atoms with E-state index in [1.807, 2.05) is 4.90 Å². The lowest BCUT2D eigenvalue weighted by molar-refractivity contribution is -0.137. The van der Waals surface area contributed by atoms with E-state index in [0.717, 1.165) is 34.9 Å². The Hall–Kier alpha value is -3.60. The van der Waals surface area contributed by atoms with Gasteiger partial charge in [0.15, 0.2) is 5.82 Å². The van der Waals surface area contributed by atoms with E-state index in [9.17, 15) is 27.2 Å². The highest BCUT2D eigenvalue weighted by Gasteiger charge is 2.30. The van der Waals surface area contributed by atoms with E-state index in [4.69, 9.17) is 11.6 Å². The number of ether oxygens (including phenoxy) is 1. The van der Waals surface area contributed by atoms with Crippen LogP contribution < -0.4 is 15.8 Å². The number of nitrogens with one attached hydrogen (secondary N) is 1. The predicted molar refractivity (Wildman–Crippen MR) is 126 cm³/mol. The SMILES string of the molecule is COC(=O)NC1CCN(c2cc(=O)n(-c3ccc(C(F)(F)F)cc3)c(-c3ccc(Cl)cc3F)n2)CC1. The number of anilines is 1. The lowest BCUT2D eigenvalue weighted by atomic mass is 10.1. The molecule has 1 saturated heterocycles. The van der Waals surface area contributed by atoms with Gasteiger partial charge < -0.3 is 15.0 Å². The summed E-state index contributed by atoms with van der Waals surface area (Å²) in [5.74, 6) is -0.543. The van der Waals surface area contributed by atoms with Crippen molar-refractivity contribution < 1.29 is 27.1 Å². The molecular weight excluding hydrogens is 504 g/mol. The Kier molecular flexibility index (Phi) is 7.21. The van der Waals surface area contributed by atoms with Gasteiger partial charge >= 0.3 is 12.3 Å². The Morgan fingerprint density at radius 3 is 2.36 bits per heavy atom. The fourth-order valence-electron chi connectivity index (χ4n) is 4.01. The second-order valence-corrected chi connectivity index (χ2v) is 8.61. The van der Waals surface area contributed by atoms with Crippen LogP contribution in [-0.4, -0.2) is 41.9 Å². The van der Waals surface area contributed by atoms with Gasteiger partial charge in [0.25, 0.3) is 5.56 Å². The molecule has 12 heteroatoms. The highest BCUT2D eigenvalue weighted by Crippen LogP contribution is 2.31. The van der Waals surface area contributed by atoms with Crippen molar-refractivity contribution in [2.45, 2.75) is 25.1 Å². The molecule has 1 amide bonds. The van der Waals surface area contributed by atoms with Crippen LogP contribution >= 0.6 is 11.6 Å². The van der Waals surface area contributed by atoms with Crippen LogP contribution in [0.15, 0.2) is 53.3 Å². The molecule has 0 bridgehead atoms. The minimum Gasteiger partial charge on any atom is -0.453 e. The Bertz CT molecular complexity index is 1320. The van der Waals surface area contributed by atoms with Gasteiger partial charge in [-0.2, -0.15) is 13.2 Å². The molecule has 1 fully saturated rings. The van der Waals surface area contributed by atoms with Crippen LogP contribution in [0, 0.1) is 5.82 Å². The number of rotatable bonds is 4. The molecule has 36 heavy (non-hydrogen) atoms. The van der Waals surface area contributed by atoms with E-state index < -0.39 is 29.2 Å². The molecule has 0 radical (unpaired) electrons. The van der Waals surface area contributed by atoms with Crippen LogP contribution in [-0.2, 0) is 10.9 Å². The number of carbonyl (C=O) groups is 1. The molecular formula is C24H21ClF4N4O3. The summed E-state index contributed by atoms with van der Waals surface area (Å²) in [5.41, 5.74) is -1.43. The third-order valence-corrected chi connectivity index (χ3v) is 6.09. The highest BCUT2D eigenvalue weighted by atomic mass is 35.5. The van der Waals surface area contributed by atoms with E-state index in [2.05, 4.69) is 15.0 Å². The standard InChI is InChI=1S/C24H21ClF4N4O3/c1-36-23(35)30-16-8-10-32(11-9-16)20-13-21(34)33(17-5-2-14(3-6-17)24(27,28)29)22(31-20)18-7-4-15(25)12-19(18)26/h2-7,12-13,16H,8-11H2,1H3,(H,30,35). The number of piperidine rings is 1. The summed E-state index contributed by atoms with van der Waals surface area (Å²) in [7, 11) is 1.28. The molecule has 7 nitrogen and oxygen atoms in total. The van der Waals surface area contributed by atoms with Crippen LogP contribution in [0.3, 0.4) is 0 Å². The first kappa shape index (κ1) is 25.5. The normalized spacial score (nSPS) is 14.6. The van der Waals surface area contributed by atoms with Crippen molar-refractivity contribution in [3.05, 3.63) is 75.3 Å². The summed E-state index contributed by atoms with van der Waals surface area (Å²) in [5, 5.41) is 2.87. The number of benzene rings is 2. The van der Waals surface area contributed by atoms with Crippen molar-refractivity contribution in [2.24, 2.45) is 0 Å². The van der Waals surface area contributed by atoms with Crippen molar-refractivity contribution in [1.29, 1.82) is 0 Å². The summed E-state index contributed by atoms with van der Waals surface area (Å²) in [6.45, 7) is 0.905. The zero-order valence-corrected chi connectivity index (χ0v) is 19.7. The van der Waals surface area contributed by atoms with Crippen molar-refractivity contribution in [2.75, 3.05) is 25.1 Å². The molecule has 0 saturated carbocycles. The van der Waals surface area contributed by atoms with Crippen molar-refractivity contribution >= 4 is 23.5 Å². The Balaban J connectivity index is 1.75. The number of alkyl halides is 3. The molecule has 0 aliphatic carbocycles. The number of hydrogen-bond donors (Lipinski definition) is 1. The minimum absolute atomic E-state index is 0.0412. The molecule has 1 N–H and O–H groups in total. The number of halogens is 5. The van der Waals surface area contributed by atoms with Crippen LogP contribution in [0.5, 0.6) is 0 Å². The van der Waals surface area contributed by atoms with Gasteiger partial charge in [-0.3, -0.25) is 9.36 Å². The lowest BCUT2D eigenvalue weighted by Crippen LogP contribution is -2.45. The average molecular weight is 525 g/mol. The summed E-state index contributed by atoms with van der Waals surface area (Å²) >= 11 is 5.88. The lowest BCUT2D eigenvalue weighted by Gasteiger charge is -2.33. The molecule has 0 spiro atoms. The summed E-state index contributed by atoms with van der Waals surface area (Å²) in [4.78, 5) is 31.1. The number of hydrogen-bond acceptors (Lipinski definition) is 5. The smallest absolute Gasteiger partial charge is 0.416 e. The average Bonchev–Trinajstić information content (AvgIpc) is 2.83. The van der Waals surface area contributed by atoms with E-state index in [1.54, 1.807) is 0 Å². The Morgan fingerprint density at radius 2 is 1.78 bits per heavy atom. The van der Waals surface area contributed by atoms with Crippen LogP contribution in [0.1, 0.15) is 18.4 Å². The summed E-state index contributed by atoms with van der Waals surface area (Å²) in [6.07, 6.45) is -3.97. The van der Waals surface area contributed by atoms with Crippen molar-refractivity contribution in [3.63, 3.8) is 0 Å². The first-order chi connectivity index (χ1) is 17.1. The topological polar surface area (TPSA) is 76.5 Å². The fraction of sp³-hybridized carbons (Fsp3) is 0.292. The molecule has 0 unspecified atom stereocenters. The summed E-state index contributed by atoms with van der Waals surface area (Å²) in [6, 6.07) is 8.94. The zero-order chi connectivity index (χ0) is 26.0. The van der Waals surface area contributed by atoms with Gasteiger partial charge in [0.1, 0.15) is 11.6 Å². The third kappa shape index (κ3) is 5.46. The van der Waals surface area contributed by atoms with Gasteiger partial charge in [0, 0.05) is 30.2 Å². The first-order valence-corrected chi connectivity index (χ1v) is 11.3. The fourth-order valence-corrected chi connectivity index (χ4v) is 4.17. The summed E-state index contributed by atoms with van der Waals surface area (Å²) < 4.78 is 59.7. The van der Waals surface area contributed by atoms with Crippen molar-refractivity contribution in [3.8, 4) is 17.1 Å². The molecule has 2 heterocycles. The minimum atomic E-state index is -4.55. The quantitative estimate of drug-likeness (QED) is 0.484. The third-order valence-electron chi connectivity index (χ3n) is 5.86. The largest absolute Gasteiger partial charge is 0.453 e. The first-order valence-electron chi connectivity index (χ1n) is 10.9. The molecule has 2 aromatic carbocycles. The Morgan fingerprint density at radius 1 is 1.11 bits per heavy atom. The van der Waals surface area contributed by atoms with Gasteiger partial charge in [0.2, 0.25) is 0 Å². The number of alkyl carbamates (subject to hydrolysis) is 1. The van der Waals surface area contributed by atoms with Gasteiger partial charge in [0.05, 0.1) is 23.9 Å². The molecule has 1 aromatic heterocycles. The molecule has 1 aliphatic rings. The second kappa shape index (κ2) is 10.2. The second-order valence-electron chi connectivity index (χ2n) is 8.18. The maximum atomic E-state index is 14.9. The number of amides is 1. The van der Waals surface area contributed by atoms with Crippen LogP contribution in [0.4, 0.5) is 28.2 Å². The predicted octanol–water partition coefficient (Wildman–Crippen LogP) is 5.04. The Labute approximate surface area is 208 Å². The van der Waals surface area contributed by atoms with E-state index in [0.29, 0.717) is 25.9 Å². The van der Waals surface area contributed by atoms with Crippen molar-refractivity contribution in [1.82, 2.24) is 14.9 Å². The van der Waals surface area contributed by atoms with Gasteiger partial charge in [-0.25, -0.2) is 14.2 Å². The molecule has 4 rings (SSSR count). The molecule has 190 valence electrons.